The van der Waals surface area contributed by atoms with Gasteiger partial charge in [-0.25, -0.2) is 0 Å². The topological polar surface area (TPSA) is 43.4 Å². The number of nitrogens with zero attached hydrogens (tertiary/aromatic N) is 1. The molecule has 1 aromatic heterocycles. The van der Waals surface area contributed by atoms with Crippen LogP contribution in [0.2, 0.25) is 0 Å². The fourth-order valence-corrected chi connectivity index (χ4v) is 1.77. The van der Waals surface area contributed by atoms with Gasteiger partial charge in [0.05, 0.1) is 12.3 Å². The molecule has 0 atom stereocenters. The summed E-state index contributed by atoms with van der Waals surface area (Å²) in [5, 5.41) is 3.36. The van der Waals surface area contributed by atoms with Crippen molar-refractivity contribution in [2.24, 2.45) is 5.92 Å². The third kappa shape index (κ3) is 6.87. The van der Waals surface area contributed by atoms with E-state index in [9.17, 15) is 0 Å². The SMILES string of the molecule is CCCNCc1nc(C)ccc1OCCOCC(C)C. The van der Waals surface area contributed by atoms with Crippen LogP contribution in [-0.2, 0) is 11.3 Å². The van der Waals surface area contributed by atoms with Crippen LogP contribution < -0.4 is 10.1 Å². The molecule has 20 heavy (non-hydrogen) atoms. The second-order valence-corrected chi connectivity index (χ2v) is 5.39. The molecule has 0 aliphatic rings. The van der Waals surface area contributed by atoms with Crippen molar-refractivity contribution in [3.63, 3.8) is 0 Å². The molecule has 0 aromatic carbocycles. The number of nitrogens with one attached hydrogen (secondary N) is 1. The van der Waals surface area contributed by atoms with Gasteiger partial charge in [-0.1, -0.05) is 20.8 Å². The number of hydrogen-bond donors (Lipinski definition) is 1. The van der Waals surface area contributed by atoms with E-state index in [1.54, 1.807) is 0 Å². The first-order valence-electron chi connectivity index (χ1n) is 7.51. The molecule has 0 fully saturated rings. The molecular weight excluding hydrogens is 252 g/mol. The molecule has 0 spiro atoms. The maximum atomic E-state index is 5.78. The van der Waals surface area contributed by atoms with Crippen LogP contribution in [0.1, 0.15) is 38.6 Å². The van der Waals surface area contributed by atoms with Gasteiger partial charge < -0.3 is 14.8 Å². The fraction of sp³-hybridized carbons (Fsp3) is 0.688. The molecule has 1 heterocycles. The van der Waals surface area contributed by atoms with Crippen LogP contribution in [0.5, 0.6) is 5.75 Å². The molecule has 0 aliphatic heterocycles. The predicted octanol–water partition coefficient (Wildman–Crippen LogP) is 2.94. The van der Waals surface area contributed by atoms with E-state index in [2.05, 4.69) is 31.1 Å². The zero-order chi connectivity index (χ0) is 14.8. The predicted molar refractivity (Wildman–Crippen MR) is 82.1 cm³/mol. The lowest BCUT2D eigenvalue weighted by atomic mass is 10.2. The summed E-state index contributed by atoms with van der Waals surface area (Å²) < 4.78 is 11.3. The van der Waals surface area contributed by atoms with E-state index in [0.717, 1.165) is 43.3 Å². The summed E-state index contributed by atoms with van der Waals surface area (Å²) in [5.41, 5.74) is 1.99. The minimum absolute atomic E-state index is 0.560. The van der Waals surface area contributed by atoms with Gasteiger partial charge in [0.2, 0.25) is 0 Å². The van der Waals surface area contributed by atoms with Gasteiger partial charge >= 0.3 is 0 Å². The van der Waals surface area contributed by atoms with Gasteiger partial charge in [0.1, 0.15) is 12.4 Å². The fourth-order valence-electron chi connectivity index (χ4n) is 1.77. The molecule has 0 bridgehead atoms. The number of ether oxygens (including phenoxy) is 2. The molecule has 4 nitrogen and oxygen atoms in total. The van der Waals surface area contributed by atoms with Crippen molar-refractivity contribution in [2.75, 3.05) is 26.4 Å². The van der Waals surface area contributed by atoms with Crippen molar-refractivity contribution in [1.29, 1.82) is 0 Å². The highest BCUT2D eigenvalue weighted by Gasteiger charge is 2.05. The Labute approximate surface area is 122 Å². The lowest BCUT2D eigenvalue weighted by Crippen LogP contribution is -2.17. The summed E-state index contributed by atoms with van der Waals surface area (Å²) in [6, 6.07) is 3.97. The lowest BCUT2D eigenvalue weighted by Gasteiger charge is -2.13. The van der Waals surface area contributed by atoms with Crippen LogP contribution >= 0.6 is 0 Å². The quantitative estimate of drug-likeness (QED) is 0.669. The molecule has 0 saturated carbocycles. The van der Waals surface area contributed by atoms with Crippen LogP contribution in [-0.4, -0.2) is 31.3 Å². The minimum Gasteiger partial charge on any atom is -0.489 e. The monoisotopic (exact) mass is 280 g/mol. The maximum absolute atomic E-state index is 5.78. The average molecular weight is 280 g/mol. The van der Waals surface area contributed by atoms with Crippen molar-refractivity contribution in [1.82, 2.24) is 10.3 Å². The number of hydrogen-bond acceptors (Lipinski definition) is 4. The molecular formula is C16H28N2O2. The molecule has 1 aromatic rings. The maximum Gasteiger partial charge on any atom is 0.142 e. The summed E-state index contributed by atoms with van der Waals surface area (Å²) in [6.45, 7) is 12.1. The van der Waals surface area contributed by atoms with Crippen molar-refractivity contribution >= 4 is 0 Å². The number of rotatable bonds is 10. The number of aromatic nitrogens is 1. The minimum atomic E-state index is 0.560. The standard InChI is InChI=1S/C16H28N2O2/c1-5-8-17-11-15-16(7-6-14(4)18-15)20-10-9-19-12-13(2)3/h6-7,13,17H,5,8-12H2,1-4H3. The van der Waals surface area contributed by atoms with Crippen molar-refractivity contribution in [3.05, 3.63) is 23.5 Å². The second-order valence-electron chi connectivity index (χ2n) is 5.39. The summed E-state index contributed by atoms with van der Waals surface area (Å²) in [4.78, 5) is 4.54. The third-order valence-corrected chi connectivity index (χ3v) is 2.73. The number of pyridine rings is 1. The van der Waals surface area contributed by atoms with Crippen LogP contribution in [0.15, 0.2) is 12.1 Å². The van der Waals surface area contributed by atoms with Gasteiger partial charge in [0, 0.05) is 18.8 Å². The molecule has 0 unspecified atom stereocenters. The largest absolute Gasteiger partial charge is 0.489 e. The van der Waals surface area contributed by atoms with E-state index >= 15 is 0 Å². The van der Waals surface area contributed by atoms with Gasteiger partial charge in [-0.2, -0.15) is 0 Å². The average Bonchev–Trinajstić information content (AvgIpc) is 2.40. The van der Waals surface area contributed by atoms with Gasteiger partial charge in [-0.05, 0) is 37.9 Å². The zero-order valence-electron chi connectivity index (χ0n) is 13.2. The Morgan fingerprint density at radius 2 is 2.05 bits per heavy atom. The summed E-state index contributed by atoms with van der Waals surface area (Å²) in [5.74, 6) is 1.41. The van der Waals surface area contributed by atoms with Crippen molar-refractivity contribution in [3.8, 4) is 5.75 Å². The Bertz CT molecular complexity index is 381. The molecule has 0 amide bonds. The second kappa shape index (κ2) is 9.72. The summed E-state index contributed by atoms with van der Waals surface area (Å²) >= 11 is 0. The third-order valence-electron chi connectivity index (χ3n) is 2.73. The van der Waals surface area contributed by atoms with Gasteiger partial charge in [-0.15, -0.1) is 0 Å². The van der Waals surface area contributed by atoms with E-state index in [4.69, 9.17) is 9.47 Å². The first kappa shape index (κ1) is 16.9. The summed E-state index contributed by atoms with van der Waals surface area (Å²) in [7, 11) is 0. The van der Waals surface area contributed by atoms with E-state index in [1.807, 2.05) is 19.1 Å². The van der Waals surface area contributed by atoms with E-state index in [-0.39, 0.29) is 0 Å². The molecule has 0 aliphatic carbocycles. The molecule has 4 heteroatoms. The first-order valence-corrected chi connectivity index (χ1v) is 7.51. The Morgan fingerprint density at radius 1 is 1.25 bits per heavy atom. The molecule has 1 N–H and O–H groups in total. The van der Waals surface area contributed by atoms with Crippen molar-refractivity contribution in [2.45, 2.75) is 40.7 Å². The Hall–Kier alpha value is -1.13. The molecule has 0 radical (unpaired) electrons. The zero-order valence-corrected chi connectivity index (χ0v) is 13.2. The van der Waals surface area contributed by atoms with E-state index in [0.29, 0.717) is 19.1 Å². The molecule has 1 rings (SSSR count). The van der Waals surface area contributed by atoms with Crippen LogP contribution in [0, 0.1) is 12.8 Å². The molecule has 114 valence electrons. The van der Waals surface area contributed by atoms with E-state index in [1.165, 1.54) is 0 Å². The van der Waals surface area contributed by atoms with E-state index < -0.39 is 0 Å². The Morgan fingerprint density at radius 3 is 2.75 bits per heavy atom. The Kier molecular flexibility index (Phi) is 8.23. The van der Waals surface area contributed by atoms with Gasteiger partial charge in [0.25, 0.3) is 0 Å². The van der Waals surface area contributed by atoms with Gasteiger partial charge in [-0.3, -0.25) is 4.98 Å². The lowest BCUT2D eigenvalue weighted by molar-refractivity contribution is 0.0814. The van der Waals surface area contributed by atoms with Gasteiger partial charge in [0.15, 0.2) is 0 Å². The Balaban J connectivity index is 2.42. The normalized spacial score (nSPS) is 11.1. The highest BCUT2D eigenvalue weighted by molar-refractivity contribution is 5.29. The first-order chi connectivity index (χ1) is 9.63. The van der Waals surface area contributed by atoms with Crippen molar-refractivity contribution < 1.29 is 9.47 Å². The smallest absolute Gasteiger partial charge is 0.142 e. The summed E-state index contributed by atoms with van der Waals surface area (Å²) in [6.07, 6.45) is 1.12. The van der Waals surface area contributed by atoms with Crippen LogP contribution in [0.25, 0.3) is 0 Å². The number of aryl methyl sites for hydroxylation is 1. The van der Waals surface area contributed by atoms with Crippen LogP contribution in [0.3, 0.4) is 0 Å². The molecule has 0 saturated heterocycles. The highest BCUT2D eigenvalue weighted by Crippen LogP contribution is 2.16. The highest BCUT2D eigenvalue weighted by atomic mass is 16.5. The van der Waals surface area contributed by atoms with Crippen LogP contribution in [0.4, 0.5) is 0 Å².